The molecule has 2 aromatic rings. The molecule has 0 aliphatic heterocycles. The van der Waals surface area contributed by atoms with Crippen LogP contribution >= 0.6 is 11.6 Å². The summed E-state index contributed by atoms with van der Waals surface area (Å²) in [5.74, 6) is 0.348. The highest BCUT2D eigenvalue weighted by molar-refractivity contribution is 6.30. The Morgan fingerprint density at radius 3 is 2.80 bits per heavy atom. The van der Waals surface area contributed by atoms with Gasteiger partial charge < -0.3 is 5.32 Å². The molecule has 0 unspecified atom stereocenters. The normalized spacial score (nSPS) is 16.3. The van der Waals surface area contributed by atoms with E-state index in [0.717, 1.165) is 12.8 Å². The third-order valence-electron chi connectivity index (χ3n) is 3.75. The van der Waals surface area contributed by atoms with Gasteiger partial charge in [0.05, 0.1) is 5.69 Å². The Labute approximate surface area is 122 Å². The van der Waals surface area contributed by atoms with Gasteiger partial charge in [-0.2, -0.15) is 0 Å². The van der Waals surface area contributed by atoms with Crippen LogP contribution in [0.1, 0.15) is 32.1 Å². The lowest BCUT2D eigenvalue weighted by molar-refractivity contribution is 0.460. The van der Waals surface area contributed by atoms with E-state index in [1.165, 1.54) is 25.3 Å². The molecule has 0 radical (unpaired) electrons. The van der Waals surface area contributed by atoms with E-state index in [9.17, 15) is 4.39 Å². The molecule has 1 N–H and O–H groups in total. The topological polar surface area (TPSA) is 29.9 Å². The summed E-state index contributed by atoms with van der Waals surface area (Å²) < 4.78 is 15.7. The van der Waals surface area contributed by atoms with Crippen LogP contribution in [0.2, 0.25) is 5.02 Å². The molecule has 1 fully saturated rings. The second kappa shape index (κ2) is 5.83. The highest BCUT2D eigenvalue weighted by Crippen LogP contribution is 2.24. The molecule has 1 heterocycles. The SMILES string of the molecule is Fc1cc(Cl)ccc1-n1ccnc1NC1CCCCC1. The molecular formula is C15H17ClFN3. The average molecular weight is 294 g/mol. The van der Waals surface area contributed by atoms with Crippen molar-refractivity contribution in [1.29, 1.82) is 0 Å². The van der Waals surface area contributed by atoms with Crippen molar-refractivity contribution in [3.8, 4) is 5.69 Å². The van der Waals surface area contributed by atoms with E-state index in [0.29, 0.717) is 22.7 Å². The second-order valence-corrected chi connectivity index (χ2v) is 5.63. The predicted molar refractivity (Wildman–Crippen MR) is 79.0 cm³/mol. The number of rotatable bonds is 3. The van der Waals surface area contributed by atoms with Gasteiger partial charge in [-0.05, 0) is 31.0 Å². The number of aromatic nitrogens is 2. The summed E-state index contributed by atoms with van der Waals surface area (Å²) >= 11 is 5.79. The molecule has 0 saturated heterocycles. The molecule has 0 atom stereocenters. The van der Waals surface area contributed by atoms with Crippen molar-refractivity contribution < 1.29 is 4.39 Å². The largest absolute Gasteiger partial charge is 0.353 e. The Kier molecular flexibility index (Phi) is 3.92. The van der Waals surface area contributed by atoms with E-state index in [4.69, 9.17) is 11.6 Å². The highest BCUT2D eigenvalue weighted by Gasteiger charge is 2.16. The molecule has 0 bridgehead atoms. The van der Waals surface area contributed by atoms with Gasteiger partial charge in [0.1, 0.15) is 5.82 Å². The summed E-state index contributed by atoms with van der Waals surface area (Å²) in [6, 6.07) is 5.11. The van der Waals surface area contributed by atoms with Crippen LogP contribution in [0.4, 0.5) is 10.3 Å². The minimum absolute atomic E-state index is 0.345. The lowest BCUT2D eigenvalue weighted by Crippen LogP contribution is -2.24. The summed E-state index contributed by atoms with van der Waals surface area (Å²) in [5, 5.41) is 3.82. The molecule has 1 saturated carbocycles. The first-order valence-corrected chi connectivity index (χ1v) is 7.37. The van der Waals surface area contributed by atoms with Gasteiger partial charge in [0.2, 0.25) is 5.95 Å². The number of imidazole rings is 1. The molecule has 1 aliphatic rings. The maximum Gasteiger partial charge on any atom is 0.207 e. The minimum Gasteiger partial charge on any atom is -0.353 e. The van der Waals surface area contributed by atoms with Crippen molar-refractivity contribution in [2.24, 2.45) is 0 Å². The number of nitrogens with zero attached hydrogens (tertiary/aromatic N) is 2. The Bertz CT molecular complexity index is 591. The van der Waals surface area contributed by atoms with E-state index in [1.54, 1.807) is 29.1 Å². The molecule has 1 aromatic carbocycles. The van der Waals surface area contributed by atoms with E-state index >= 15 is 0 Å². The zero-order chi connectivity index (χ0) is 13.9. The second-order valence-electron chi connectivity index (χ2n) is 5.20. The molecule has 1 aromatic heterocycles. The molecule has 5 heteroatoms. The fraction of sp³-hybridized carbons (Fsp3) is 0.400. The van der Waals surface area contributed by atoms with E-state index < -0.39 is 0 Å². The highest BCUT2D eigenvalue weighted by atomic mass is 35.5. The van der Waals surface area contributed by atoms with Crippen LogP contribution < -0.4 is 5.32 Å². The molecule has 1 aliphatic carbocycles. The fourth-order valence-corrected chi connectivity index (χ4v) is 2.87. The van der Waals surface area contributed by atoms with Crippen molar-refractivity contribution in [3.63, 3.8) is 0 Å². The Hall–Kier alpha value is -1.55. The maximum absolute atomic E-state index is 14.0. The van der Waals surface area contributed by atoms with Crippen LogP contribution in [0.3, 0.4) is 0 Å². The Morgan fingerprint density at radius 1 is 1.25 bits per heavy atom. The van der Waals surface area contributed by atoms with Crippen molar-refractivity contribution in [2.45, 2.75) is 38.1 Å². The lowest BCUT2D eigenvalue weighted by Gasteiger charge is -2.23. The quantitative estimate of drug-likeness (QED) is 0.908. The van der Waals surface area contributed by atoms with Crippen LogP contribution in [-0.4, -0.2) is 15.6 Å². The van der Waals surface area contributed by atoms with Gasteiger partial charge in [0, 0.05) is 23.5 Å². The zero-order valence-corrected chi connectivity index (χ0v) is 11.9. The Balaban J connectivity index is 1.85. The number of halogens is 2. The fourth-order valence-electron chi connectivity index (χ4n) is 2.71. The Morgan fingerprint density at radius 2 is 2.05 bits per heavy atom. The summed E-state index contributed by atoms with van der Waals surface area (Å²) in [4.78, 5) is 4.30. The summed E-state index contributed by atoms with van der Waals surface area (Å²) in [7, 11) is 0. The first-order valence-electron chi connectivity index (χ1n) is 6.99. The first kappa shape index (κ1) is 13.4. The van der Waals surface area contributed by atoms with Crippen molar-refractivity contribution in [1.82, 2.24) is 9.55 Å². The van der Waals surface area contributed by atoms with Gasteiger partial charge in [0.15, 0.2) is 0 Å². The number of anilines is 1. The molecule has 0 spiro atoms. The molecule has 106 valence electrons. The first-order chi connectivity index (χ1) is 9.74. The lowest BCUT2D eigenvalue weighted by atomic mass is 9.96. The van der Waals surface area contributed by atoms with Gasteiger partial charge in [-0.1, -0.05) is 30.9 Å². The zero-order valence-electron chi connectivity index (χ0n) is 11.1. The van der Waals surface area contributed by atoms with Gasteiger partial charge in [-0.25, -0.2) is 9.37 Å². The van der Waals surface area contributed by atoms with Crippen LogP contribution in [0.25, 0.3) is 5.69 Å². The van der Waals surface area contributed by atoms with Crippen LogP contribution in [-0.2, 0) is 0 Å². The van der Waals surface area contributed by atoms with Crippen LogP contribution in [0, 0.1) is 5.82 Å². The molecule has 20 heavy (non-hydrogen) atoms. The van der Waals surface area contributed by atoms with Crippen LogP contribution in [0.5, 0.6) is 0 Å². The van der Waals surface area contributed by atoms with E-state index in [1.807, 2.05) is 0 Å². The van der Waals surface area contributed by atoms with E-state index in [-0.39, 0.29) is 5.82 Å². The van der Waals surface area contributed by atoms with Crippen molar-refractivity contribution in [3.05, 3.63) is 41.4 Å². The standard InChI is InChI=1S/C15H17ClFN3/c16-11-6-7-14(13(17)10-11)20-9-8-18-15(20)19-12-4-2-1-3-5-12/h6-10,12H,1-5H2,(H,18,19). The molecular weight excluding hydrogens is 277 g/mol. The summed E-state index contributed by atoms with van der Waals surface area (Å²) in [6.07, 6.45) is 9.53. The number of hydrogen-bond donors (Lipinski definition) is 1. The molecule has 3 nitrogen and oxygen atoms in total. The minimum atomic E-state index is -0.345. The third kappa shape index (κ3) is 2.80. The van der Waals surface area contributed by atoms with Gasteiger partial charge in [-0.15, -0.1) is 0 Å². The smallest absolute Gasteiger partial charge is 0.207 e. The monoisotopic (exact) mass is 293 g/mol. The third-order valence-corrected chi connectivity index (χ3v) is 3.98. The van der Waals surface area contributed by atoms with Gasteiger partial charge in [0.25, 0.3) is 0 Å². The van der Waals surface area contributed by atoms with Crippen molar-refractivity contribution >= 4 is 17.5 Å². The summed E-state index contributed by atoms with van der Waals surface area (Å²) in [6.45, 7) is 0. The summed E-state index contributed by atoms with van der Waals surface area (Å²) in [5.41, 5.74) is 0.463. The van der Waals surface area contributed by atoms with Gasteiger partial charge in [-0.3, -0.25) is 4.57 Å². The van der Waals surface area contributed by atoms with Gasteiger partial charge >= 0.3 is 0 Å². The molecule has 3 rings (SSSR count). The average Bonchev–Trinajstić information content (AvgIpc) is 2.88. The number of hydrogen-bond acceptors (Lipinski definition) is 2. The van der Waals surface area contributed by atoms with Crippen molar-refractivity contribution in [2.75, 3.05) is 5.32 Å². The number of benzene rings is 1. The molecule has 0 amide bonds. The number of nitrogens with one attached hydrogen (secondary N) is 1. The predicted octanol–water partition coefficient (Wildman–Crippen LogP) is 4.41. The maximum atomic E-state index is 14.0. The van der Waals surface area contributed by atoms with Crippen LogP contribution in [0.15, 0.2) is 30.6 Å². The van der Waals surface area contributed by atoms with E-state index in [2.05, 4.69) is 10.3 Å².